The van der Waals surface area contributed by atoms with Gasteiger partial charge in [-0.15, -0.1) is 0 Å². The average molecular weight is 204 g/mol. The van der Waals surface area contributed by atoms with Gasteiger partial charge in [0.25, 0.3) is 0 Å². The van der Waals surface area contributed by atoms with E-state index in [1.807, 2.05) is 0 Å². The number of carbonyl (C=O) groups excluding carboxylic acids is 1. The fraction of sp³-hybridized carbons (Fsp3) is 0.625. The SMILES string of the molecule is C=C(C)C(=O)OC1CCCSS1. The van der Waals surface area contributed by atoms with Gasteiger partial charge in [0.05, 0.1) is 0 Å². The zero-order chi connectivity index (χ0) is 8.97. The zero-order valence-corrected chi connectivity index (χ0v) is 8.67. The second-order valence-corrected chi connectivity index (χ2v) is 5.32. The van der Waals surface area contributed by atoms with Crippen molar-refractivity contribution in [2.75, 3.05) is 5.75 Å². The minimum Gasteiger partial charge on any atom is -0.447 e. The van der Waals surface area contributed by atoms with E-state index in [0.717, 1.165) is 18.6 Å². The van der Waals surface area contributed by atoms with Crippen LogP contribution in [0.3, 0.4) is 0 Å². The summed E-state index contributed by atoms with van der Waals surface area (Å²) in [4.78, 5) is 11.1. The molecule has 1 aliphatic heterocycles. The Morgan fingerprint density at radius 1 is 1.67 bits per heavy atom. The molecule has 1 heterocycles. The van der Waals surface area contributed by atoms with Crippen LogP contribution in [-0.2, 0) is 9.53 Å². The van der Waals surface area contributed by atoms with E-state index < -0.39 is 0 Å². The normalized spacial score (nSPS) is 23.2. The quantitative estimate of drug-likeness (QED) is 0.392. The maximum absolute atomic E-state index is 11.1. The number of hydrogen-bond donors (Lipinski definition) is 0. The predicted molar refractivity (Wildman–Crippen MR) is 54.0 cm³/mol. The highest BCUT2D eigenvalue weighted by atomic mass is 33.1. The molecule has 0 aromatic heterocycles. The molecule has 0 aromatic rings. The molecule has 0 spiro atoms. The molecule has 12 heavy (non-hydrogen) atoms. The Balaban J connectivity index is 2.29. The molecule has 0 radical (unpaired) electrons. The van der Waals surface area contributed by atoms with Crippen LogP contribution in [0.15, 0.2) is 12.2 Å². The summed E-state index contributed by atoms with van der Waals surface area (Å²) in [6.45, 7) is 5.20. The minimum atomic E-state index is -0.269. The molecule has 0 N–H and O–H groups in total. The van der Waals surface area contributed by atoms with Gasteiger partial charge < -0.3 is 4.74 Å². The van der Waals surface area contributed by atoms with E-state index in [1.54, 1.807) is 28.5 Å². The van der Waals surface area contributed by atoms with Crippen LogP contribution in [0.2, 0.25) is 0 Å². The predicted octanol–water partition coefficient (Wildman–Crippen LogP) is 2.61. The van der Waals surface area contributed by atoms with E-state index in [1.165, 1.54) is 0 Å². The van der Waals surface area contributed by atoms with Crippen molar-refractivity contribution in [1.29, 1.82) is 0 Å². The third kappa shape index (κ3) is 3.11. The van der Waals surface area contributed by atoms with E-state index in [9.17, 15) is 4.79 Å². The molecule has 2 nitrogen and oxygen atoms in total. The van der Waals surface area contributed by atoms with E-state index in [0.29, 0.717) is 5.57 Å². The van der Waals surface area contributed by atoms with Crippen molar-refractivity contribution in [2.45, 2.75) is 25.2 Å². The number of carbonyl (C=O) groups is 1. The van der Waals surface area contributed by atoms with E-state index in [-0.39, 0.29) is 11.4 Å². The lowest BCUT2D eigenvalue weighted by atomic mass is 10.3. The smallest absolute Gasteiger partial charge is 0.334 e. The molecule has 1 unspecified atom stereocenters. The van der Waals surface area contributed by atoms with Gasteiger partial charge in [0.15, 0.2) is 5.44 Å². The van der Waals surface area contributed by atoms with E-state index in [4.69, 9.17) is 4.74 Å². The highest BCUT2D eigenvalue weighted by molar-refractivity contribution is 8.77. The van der Waals surface area contributed by atoms with Crippen LogP contribution in [0, 0.1) is 0 Å². The lowest BCUT2D eigenvalue weighted by Gasteiger charge is -2.20. The Hall–Kier alpha value is -0.0900. The summed E-state index contributed by atoms with van der Waals surface area (Å²) < 4.78 is 5.16. The number of ether oxygens (including phenoxy) is 1. The molecule has 68 valence electrons. The maximum Gasteiger partial charge on any atom is 0.334 e. The van der Waals surface area contributed by atoms with Crippen molar-refractivity contribution in [1.82, 2.24) is 0 Å². The first-order valence-electron chi connectivity index (χ1n) is 3.85. The summed E-state index contributed by atoms with van der Waals surface area (Å²) in [5.41, 5.74) is 0.513. The first-order chi connectivity index (χ1) is 5.70. The maximum atomic E-state index is 11.1. The summed E-state index contributed by atoms with van der Waals surface area (Å²) in [6.07, 6.45) is 2.10. The highest BCUT2D eigenvalue weighted by Gasteiger charge is 2.18. The Bertz CT molecular complexity index is 185. The Kier molecular flexibility index (Phi) is 4.01. The average Bonchev–Trinajstić information content (AvgIpc) is 2.06. The molecule has 1 rings (SSSR count). The first kappa shape index (κ1) is 9.99. The summed E-state index contributed by atoms with van der Waals surface area (Å²) in [7, 11) is 3.41. The molecule has 0 saturated carbocycles. The summed E-state index contributed by atoms with van der Waals surface area (Å²) in [5, 5.41) is 0. The third-order valence-electron chi connectivity index (χ3n) is 1.43. The van der Waals surface area contributed by atoms with Gasteiger partial charge in [-0.2, -0.15) is 0 Å². The molecule has 1 atom stereocenters. The monoisotopic (exact) mass is 204 g/mol. The number of rotatable bonds is 2. The van der Waals surface area contributed by atoms with Gasteiger partial charge in [0.2, 0.25) is 0 Å². The van der Waals surface area contributed by atoms with Crippen molar-refractivity contribution in [3.63, 3.8) is 0 Å². The van der Waals surface area contributed by atoms with E-state index >= 15 is 0 Å². The fourth-order valence-electron chi connectivity index (χ4n) is 0.780. The molecule has 4 heteroatoms. The number of esters is 1. The second-order valence-electron chi connectivity index (χ2n) is 2.68. The molecule has 1 aliphatic rings. The van der Waals surface area contributed by atoms with Crippen molar-refractivity contribution in [3.8, 4) is 0 Å². The van der Waals surface area contributed by atoms with Crippen LogP contribution >= 0.6 is 21.6 Å². The molecule has 1 saturated heterocycles. The van der Waals surface area contributed by atoms with Crippen LogP contribution in [0.1, 0.15) is 19.8 Å². The van der Waals surface area contributed by atoms with Crippen molar-refractivity contribution in [3.05, 3.63) is 12.2 Å². The van der Waals surface area contributed by atoms with Crippen LogP contribution in [-0.4, -0.2) is 17.2 Å². The van der Waals surface area contributed by atoms with Crippen molar-refractivity contribution >= 4 is 27.6 Å². The van der Waals surface area contributed by atoms with Gasteiger partial charge in [-0.05, 0) is 30.6 Å². The van der Waals surface area contributed by atoms with Gasteiger partial charge in [-0.1, -0.05) is 17.4 Å². The summed E-state index contributed by atoms with van der Waals surface area (Å²) in [5.74, 6) is 0.890. The molecular weight excluding hydrogens is 192 g/mol. The highest BCUT2D eigenvalue weighted by Crippen LogP contribution is 2.36. The fourth-order valence-corrected chi connectivity index (χ4v) is 3.21. The number of hydrogen-bond acceptors (Lipinski definition) is 4. The van der Waals surface area contributed by atoms with Crippen molar-refractivity contribution < 1.29 is 9.53 Å². The van der Waals surface area contributed by atoms with Gasteiger partial charge in [-0.25, -0.2) is 4.79 Å². The lowest BCUT2D eigenvalue weighted by Crippen LogP contribution is -2.16. The second kappa shape index (κ2) is 4.82. The Morgan fingerprint density at radius 2 is 2.42 bits per heavy atom. The molecular formula is C8H12O2S2. The minimum absolute atomic E-state index is 0.0351. The topological polar surface area (TPSA) is 26.3 Å². The largest absolute Gasteiger partial charge is 0.447 e. The molecule has 0 bridgehead atoms. The Labute approximate surface area is 80.5 Å². The van der Waals surface area contributed by atoms with Gasteiger partial charge in [-0.3, -0.25) is 0 Å². The van der Waals surface area contributed by atoms with Crippen LogP contribution < -0.4 is 0 Å². The van der Waals surface area contributed by atoms with Gasteiger partial charge in [0.1, 0.15) is 0 Å². The van der Waals surface area contributed by atoms with E-state index in [2.05, 4.69) is 6.58 Å². The molecule has 0 aromatic carbocycles. The summed E-state index contributed by atoms with van der Waals surface area (Å²) in [6, 6.07) is 0. The van der Waals surface area contributed by atoms with Crippen LogP contribution in [0.5, 0.6) is 0 Å². The standard InChI is InChI=1S/C8H12O2S2/c1-6(2)8(9)10-7-4-3-5-11-12-7/h7H,1,3-5H2,2H3. The Morgan fingerprint density at radius 3 is 2.92 bits per heavy atom. The van der Waals surface area contributed by atoms with Crippen LogP contribution in [0.4, 0.5) is 0 Å². The van der Waals surface area contributed by atoms with Crippen LogP contribution in [0.25, 0.3) is 0 Å². The third-order valence-corrected chi connectivity index (χ3v) is 4.12. The first-order valence-corrected chi connectivity index (χ1v) is 6.23. The summed E-state index contributed by atoms with van der Waals surface area (Å²) >= 11 is 0. The molecule has 1 fully saturated rings. The van der Waals surface area contributed by atoms with Gasteiger partial charge >= 0.3 is 5.97 Å². The van der Waals surface area contributed by atoms with Gasteiger partial charge in [0, 0.05) is 11.3 Å². The van der Waals surface area contributed by atoms with Crippen molar-refractivity contribution in [2.24, 2.45) is 0 Å². The lowest BCUT2D eigenvalue weighted by molar-refractivity contribution is -0.140. The molecule has 0 amide bonds. The molecule has 0 aliphatic carbocycles. The zero-order valence-electron chi connectivity index (χ0n) is 7.04.